The second kappa shape index (κ2) is 16.0. The summed E-state index contributed by atoms with van der Waals surface area (Å²) < 4.78 is 24.4. The monoisotopic (exact) mass is 721 g/mol. The minimum atomic E-state index is -1.12. The van der Waals surface area contributed by atoms with E-state index in [1.807, 2.05) is 33.8 Å². The number of aryl methyl sites for hydroxylation is 2. The lowest BCUT2D eigenvalue weighted by molar-refractivity contribution is 0.248. The highest BCUT2D eigenvalue weighted by Crippen LogP contribution is 2.32. The second-order valence-electron chi connectivity index (χ2n) is 12.6. The van der Waals surface area contributed by atoms with E-state index in [0.29, 0.717) is 51.7 Å². The van der Waals surface area contributed by atoms with Crippen LogP contribution in [0, 0.1) is 11.8 Å². The summed E-state index contributed by atoms with van der Waals surface area (Å²) in [5, 5.41) is 25.6. The molecule has 14 nitrogen and oxygen atoms in total. The molecule has 1 saturated heterocycles. The van der Waals surface area contributed by atoms with Crippen molar-refractivity contribution in [2.24, 2.45) is 11.8 Å². The fourth-order valence-electron chi connectivity index (χ4n) is 5.68. The first-order valence-electron chi connectivity index (χ1n) is 16.2. The van der Waals surface area contributed by atoms with Crippen molar-refractivity contribution in [3.05, 3.63) is 45.4 Å². The number of halogens is 1. The standard InChI is InChI=1S/C20H28N6O3S.C11H16ClN3O2S/c1-13(2)16(12-27)22-19-18-15(4-10-30(18)29)23-20(24-19)26-8-6-25(7-9-26)14-3-5-21-17(28)11-14;1-6(2)8(5-16)13-10-9-7(3-4-18(9)17)14-11(12)15-10/h3,5,11,13,16,27H,4,6-10,12H2,1-2H3,(H,21,28)(H,22,23,24);6,8,16H,3-5H2,1-2H3,(H,13,14,15)/t16-,30?;8-,18?/m00/s1. The number of aliphatic hydroxyl groups is 2. The summed E-state index contributed by atoms with van der Waals surface area (Å²) in [4.78, 5) is 37.5. The van der Waals surface area contributed by atoms with Gasteiger partial charge in [0.05, 0.1) is 58.3 Å². The Bertz CT molecular complexity index is 1700. The Morgan fingerprint density at radius 2 is 1.35 bits per heavy atom. The molecule has 0 aliphatic carbocycles. The summed E-state index contributed by atoms with van der Waals surface area (Å²) in [7, 11) is -2.19. The topological polar surface area (TPSA) is 190 Å². The van der Waals surface area contributed by atoms with Crippen LogP contribution in [-0.2, 0) is 34.4 Å². The first-order chi connectivity index (χ1) is 23.0. The fourth-order valence-corrected chi connectivity index (χ4v) is 8.49. The van der Waals surface area contributed by atoms with Crippen molar-refractivity contribution in [3.8, 4) is 0 Å². The maximum Gasteiger partial charge on any atom is 0.249 e. The Morgan fingerprint density at radius 1 is 0.833 bits per heavy atom. The van der Waals surface area contributed by atoms with Gasteiger partial charge >= 0.3 is 0 Å². The van der Waals surface area contributed by atoms with E-state index in [0.717, 1.165) is 43.3 Å². The lowest BCUT2D eigenvalue weighted by Gasteiger charge is -2.36. The average Bonchev–Trinajstić information content (AvgIpc) is 3.63. The third-order valence-electron chi connectivity index (χ3n) is 8.67. The lowest BCUT2D eigenvalue weighted by atomic mass is 10.1. The van der Waals surface area contributed by atoms with Crippen LogP contribution in [0.15, 0.2) is 32.9 Å². The molecule has 3 aliphatic heterocycles. The second-order valence-corrected chi connectivity index (χ2v) is 16.0. The number of piperazine rings is 1. The summed E-state index contributed by atoms with van der Waals surface area (Å²) in [6.45, 7) is 11.0. The van der Waals surface area contributed by atoms with Crippen LogP contribution in [0.5, 0.6) is 0 Å². The van der Waals surface area contributed by atoms with Gasteiger partial charge in [-0.25, -0.2) is 9.97 Å². The SMILES string of the molecule is CC(C)[C@H](CO)Nc1nc(Cl)nc2c1S(=O)CC2.CC(C)[C@H](CO)Nc1nc(N2CCN(c3cc[nH]c(=O)c3)CC2)nc2c1S(=O)CC2. The summed E-state index contributed by atoms with van der Waals surface area (Å²) in [6.07, 6.45) is 2.99. The predicted octanol–water partition coefficient (Wildman–Crippen LogP) is 1.81. The van der Waals surface area contributed by atoms with Gasteiger partial charge in [0.2, 0.25) is 16.8 Å². The average molecular weight is 722 g/mol. The Balaban J connectivity index is 0.000000214. The van der Waals surface area contributed by atoms with E-state index in [2.05, 4.69) is 35.4 Å². The highest BCUT2D eigenvalue weighted by molar-refractivity contribution is 7.85. The van der Waals surface area contributed by atoms with Gasteiger partial charge in [-0.2, -0.15) is 9.97 Å². The molecular formula is C31H44ClN9O5S2. The van der Waals surface area contributed by atoms with Gasteiger partial charge < -0.3 is 35.6 Å². The molecule has 48 heavy (non-hydrogen) atoms. The number of anilines is 4. The van der Waals surface area contributed by atoms with Gasteiger partial charge in [0.15, 0.2) is 0 Å². The number of aliphatic hydroxyl groups excluding tert-OH is 2. The van der Waals surface area contributed by atoms with Gasteiger partial charge in [-0.3, -0.25) is 13.2 Å². The molecule has 0 saturated carbocycles. The molecule has 3 aliphatic rings. The molecule has 2 unspecified atom stereocenters. The third-order valence-corrected chi connectivity index (χ3v) is 11.8. The Morgan fingerprint density at radius 3 is 1.88 bits per heavy atom. The van der Waals surface area contributed by atoms with E-state index >= 15 is 0 Å². The van der Waals surface area contributed by atoms with Crippen molar-refractivity contribution in [3.63, 3.8) is 0 Å². The number of hydrogen-bond donors (Lipinski definition) is 5. The Hall–Kier alpha value is -3.18. The first kappa shape index (κ1) is 36.1. The van der Waals surface area contributed by atoms with Crippen molar-refractivity contribution in [2.45, 2.75) is 62.4 Å². The van der Waals surface area contributed by atoms with Crippen LogP contribution in [0.2, 0.25) is 5.28 Å². The molecule has 4 atom stereocenters. The summed E-state index contributed by atoms with van der Waals surface area (Å²) in [6, 6.07) is 3.21. The van der Waals surface area contributed by atoms with Gasteiger partial charge in [-0.05, 0) is 29.5 Å². The Labute approximate surface area is 290 Å². The minimum Gasteiger partial charge on any atom is -0.394 e. The van der Waals surface area contributed by atoms with E-state index in [-0.39, 0.29) is 48.0 Å². The van der Waals surface area contributed by atoms with Crippen LogP contribution >= 0.6 is 11.6 Å². The molecule has 0 bridgehead atoms. The molecule has 0 amide bonds. The molecule has 262 valence electrons. The van der Waals surface area contributed by atoms with Crippen molar-refractivity contribution >= 4 is 56.5 Å². The molecular weight excluding hydrogens is 678 g/mol. The number of aromatic amines is 1. The van der Waals surface area contributed by atoms with Gasteiger partial charge in [0.1, 0.15) is 21.4 Å². The van der Waals surface area contributed by atoms with Crippen molar-refractivity contribution < 1.29 is 18.6 Å². The molecule has 3 aromatic rings. The number of hydrogen-bond acceptors (Lipinski definition) is 13. The zero-order valence-corrected chi connectivity index (χ0v) is 30.0. The molecule has 0 spiro atoms. The number of H-pyrrole nitrogens is 1. The third kappa shape index (κ3) is 8.33. The lowest BCUT2D eigenvalue weighted by Crippen LogP contribution is -2.47. The maximum atomic E-state index is 12.5. The normalized spacial score (nSPS) is 19.9. The maximum absolute atomic E-state index is 12.5. The largest absolute Gasteiger partial charge is 0.394 e. The molecule has 17 heteroatoms. The zero-order valence-electron chi connectivity index (χ0n) is 27.6. The number of aromatic nitrogens is 5. The highest BCUT2D eigenvalue weighted by Gasteiger charge is 2.30. The molecule has 6 heterocycles. The van der Waals surface area contributed by atoms with E-state index < -0.39 is 21.6 Å². The predicted molar refractivity (Wildman–Crippen MR) is 189 cm³/mol. The fraction of sp³-hybridized carbons (Fsp3) is 0.581. The van der Waals surface area contributed by atoms with Crippen LogP contribution < -0.4 is 26.0 Å². The molecule has 1 fully saturated rings. The van der Waals surface area contributed by atoms with Crippen molar-refractivity contribution in [2.75, 3.05) is 71.3 Å². The smallest absolute Gasteiger partial charge is 0.249 e. The van der Waals surface area contributed by atoms with Crippen LogP contribution in [0.4, 0.5) is 23.3 Å². The van der Waals surface area contributed by atoms with Crippen molar-refractivity contribution in [1.82, 2.24) is 24.9 Å². The number of pyridine rings is 1. The van der Waals surface area contributed by atoms with Gasteiger partial charge in [0, 0.05) is 68.5 Å². The molecule has 5 N–H and O–H groups in total. The molecule has 0 radical (unpaired) electrons. The van der Waals surface area contributed by atoms with Crippen LogP contribution in [-0.4, -0.2) is 107 Å². The molecule has 0 aromatic carbocycles. The number of rotatable bonds is 10. The summed E-state index contributed by atoms with van der Waals surface area (Å²) in [5.41, 5.74) is 2.38. The summed E-state index contributed by atoms with van der Waals surface area (Å²) in [5.74, 6) is 3.25. The van der Waals surface area contributed by atoms with Gasteiger partial charge in [-0.1, -0.05) is 27.7 Å². The zero-order chi connectivity index (χ0) is 34.5. The highest BCUT2D eigenvalue weighted by atomic mass is 35.5. The summed E-state index contributed by atoms with van der Waals surface area (Å²) >= 11 is 5.86. The number of nitrogens with zero attached hydrogens (tertiary/aromatic N) is 6. The van der Waals surface area contributed by atoms with Gasteiger partial charge in [0.25, 0.3) is 0 Å². The Kier molecular flexibility index (Phi) is 12.1. The number of fused-ring (bicyclic) bond motifs is 2. The quantitative estimate of drug-likeness (QED) is 0.191. The first-order valence-corrected chi connectivity index (χ1v) is 19.2. The van der Waals surface area contributed by atoms with Crippen molar-refractivity contribution in [1.29, 1.82) is 0 Å². The van der Waals surface area contributed by atoms with E-state index in [1.165, 1.54) is 0 Å². The van der Waals surface area contributed by atoms with E-state index in [4.69, 9.17) is 21.6 Å². The minimum absolute atomic E-state index is 0.0132. The van der Waals surface area contributed by atoms with Gasteiger partial charge in [-0.15, -0.1) is 0 Å². The molecule has 6 rings (SSSR count). The number of nitrogens with one attached hydrogen (secondary N) is 3. The molecule has 3 aromatic heterocycles. The van der Waals surface area contributed by atoms with Crippen LogP contribution in [0.1, 0.15) is 39.1 Å². The van der Waals surface area contributed by atoms with Crippen LogP contribution in [0.3, 0.4) is 0 Å². The van der Waals surface area contributed by atoms with E-state index in [1.54, 1.807) is 12.3 Å². The van der Waals surface area contributed by atoms with Crippen LogP contribution in [0.25, 0.3) is 0 Å². The van der Waals surface area contributed by atoms with E-state index in [9.17, 15) is 23.4 Å².